The van der Waals surface area contributed by atoms with E-state index < -0.39 is 10.5 Å². The molecule has 1 aromatic heterocycles. The molecule has 1 heterocycles. The van der Waals surface area contributed by atoms with Crippen molar-refractivity contribution in [1.82, 2.24) is 4.98 Å². The van der Waals surface area contributed by atoms with E-state index >= 15 is 0 Å². The Hall–Kier alpha value is -1.25. The minimum absolute atomic E-state index is 0.130. The largest absolute Gasteiger partial charge is 0.388 e. The molecular formula is C11H16BrN3O4. The molecule has 0 saturated heterocycles. The number of rotatable bonds is 7. The topological polar surface area (TPSA) is 97.5 Å². The van der Waals surface area contributed by atoms with Crippen LogP contribution in [0, 0.1) is 10.1 Å². The maximum atomic E-state index is 10.9. The zero-order valence-corrected chi connectivity index (χ0v) is 12.3. The lowest BCUT2D eigenvalue weighted by Crippen LogP contribution is -2.35. The maximum Gasteiger partial charge on any atom is 0.312 e. The molecule has 0 aliphatic rings. The molecule has 19 heavy (non-hydrogen) atoms. The highest BCUT2D eigenvalue weighted by Crippen LogP contribution is 2.25. The van der Waals surface area contributed by atoms with E-state index in [4.69, 9.17) is 4.74 Å². The van der Waals surface area contributed by atoms with E-state index in [9.17, 15) is 15.2 Å². The summed E-state index contributed by atoms with van der Waals surface area (Å²) in [6.45, 7) is 2.18. The van der Waals surface area contributed by atoms with E-state index in [1.807, 2.05) is 0 Å². The molecule has 2 N–H and O–H groups in total. The molecule has 0 bridgehead atoms. The Kier molecular flexibility index (Phi) is 5.64. The molecular weight excluding hydrogens is 318 g/mol. The van der Waals surface area contributed by atoms with Crippen LogP contribution in [0.4, 0.5) is 11.5 Å². The zero-order valence-electron chi connectivity index (χ0n) is 10.7. The molecule has 0 radical (unpaired) electrons. The summed E-state index contributed by atoms with van der Waals surface area (Å²) in [6.07, 6.45) is 1.88. The lowest BCUT2D eigenvalue weighted by atomic mass is 10.0. The zero-order chi connectivity index (χ0) is 14.5. The van der Waals surface area contributed by atoms with Gasteiger partial charge in [-0.15, -0.1) is 0 Å². The van der Waals surface area contributed by atoms with Gasteiger partial charge in [0.1, 0.15) is 0 Å². The fraction of sp³-hybridized carbons (Fsp3) is 0.545. The summed E-state index contributed by atoms with van der Waals surface area (Å²) in [6, 6.07) is 1.36. The van der Waals surface area contributed by atoms with Crippen molar-refractivity contribution in [3.8, 4) is 0 Å². The van der Waals surface area contributed by atoms with Gasteiger partial charge in [0, 0.05) is 43.4 Å². The fourth-order valence-electron chi connectivity index (χ4n) is 1.39. The molecule has 106 valence electrons. The van der Waals surface area contributed by atoms with Gasteiger partial charge in [-0.05, 0) is 22.9 Å². The van der Waals surface area contributed by atoms with Gasteiger partial charge in [0.2, 0.25) is 5.82 Å². The molecule has 1 rings (SSSR count). The summed E-state index contributed by atoms with van der Waals surface area (Å²) < 4.78 is 5.41. The minimum atomic E-state index is -1.03. The van der Waals surface area contributed by atoms with Crippen molar-refractivity contribution in [3.05, 3.63) is 26.9 Å². The predicted molar refractivity (Wildman–Crippen MR) is 74.2 cm³/mol. The number of nitro groups is 1. The lowest BCUT2D eigenvalue weighted by Gasteiger charge is -2.23. The van der Waals surface area contributed by atoms with E-state index in [0.29, 0.717) is 17.5 Å². The summed E-state index contributed by atoms with van der Waals surface area (Å²) in [5.41, 5.74) is -1.17. The van der Waals surface area contributed by atoms with Crippen molar-refractivity contribution in [1.29, 1.82) is 0 Å². The Morgan fingerprint density at radius 2 is 2.37 bits per heavy atom. The van der Waals surface area contributed by atoms with Gasteiger partial charge in [-0.25, -0.2) is 4.98 Å². The molecule has 1 atom stereocenters. The van der Waals surface area contributed by atoms with Crippen LogP contribution in [0.1, 0.15) is 13.3 Å². The molecule has 0 amide bonds. The number of anilines is 1. The molecule has 1 aromatic rings. The maximum absolute atomic E-state index is 10.9. The van der Waals surface area contributed by atoms with E-state index in [1.54, 1.807) is 14.0 Å². The molecule has 0 aliphatic carbocycles. The molecule has 0 saturated carbocycles. The fourth-order valence-corrected chi connectivity index (χ4v) is 1.71. The third-order valence-corrected chi connectivity index (χ3v) is 2.95. The molecule has 0 spiro atoms. The summed E-state index contributed by atoms with van der Waals surface area (Å²) in [7, 11) is 1.55. The minimum Gasteiger partial charge on any atom is -0.388 e. The molecule has 7 nitrogen and oxygen atoms in total. The molecule has 1 unspecified atom stereocenters. The summed E-state index contributed by atoms with van der Waals surface area (Å²) in [5, 5.41) is 23.7. The average molecular weight is 334 g/mol. The number of aromatic nitrogens is 1. The van der Waals surface area contributed by atoms with Gasteiger partial charge in [0.15, 0.2) is 0 Å². The van der Waals surface area contributed by atoms with E-state index in [1.165, 1.54) is 12.3 Å². The monoisotopic (exact) mass is 333 g/mol. The van der Waals surface area contributed by atoms with E-state index in [0.717, 1.165) is 0 Å². The van der Waals surface area contributed by atoms with Crippen LogP contribution >= 0.6 is 15.9 Å². The standard InChI is InChI=1S/C11H16BrN3O4/c1-11(16,3-4-19-2)7-14-10-9(15(17)18)5-8(12)6-13-10/h5-6,16H,3-4,7H2,1-2H3,(H,13,14). The van der Waals surface area contributed by atoms with Crippen molar-refractivity contribution < 1.29 is 14.8 Å². The van der Waals surface area contributed by atoms with Crippen LogP contribution in [0.25, 0.3) is 0 Å². The number of halogens is 1. The van der Waals surface area contributed by atoms with Crippen molar-refractivity contribution in [2.24, 2.45) is 0 Å². The van der Waals surface area contributed by atoms with Crippen LogP contribution in [0.3, 0.4) is 0 Å². The molecule has 0 aliphatic heterocycles. The summed E-state index contributed by atoms with van der Waals surface area (Å²) >= 11 is 3.13. The highest BCUT2D eigenvalue weighted by molar-refractivity contribution is 9.10. The van der Waals surface area contributed by atoms with Crippen LogP contribution in [0.5, 0.6) is 0 Å². The second-order valence-electron chi connectivity index (χ2n) is 4.37. The Morgan fingerprint density at radius 3 is 2.95 bits per heavy atom. The van der Waals surface area contributed by atoms with Crippen molar-refractivity contribution >= 4 is 27.4 Å². The average Bonchev–Trinajstić information content (AvgIpc) is 2.35. The van der Waals surface area contributed by atoms with Crippen LogP contribution < -0.4 is 5.32 Å². The smallest absolute Gasteiger partial charge is 0.312 e. The number of nitrogens with zero attached hydrogens (tertiary/aromatic N) is 2. The highest BCUT2D eigenvalue weighted by atomic mass is 79.9. The Bertz CT molecular complexity index is 454. The quantitative estimate of drug-likeness (QED) is 0.584. The van der Waals surface area contributed by atoms with Gasteiger partial charge in [-0.3, -0.25) is 10.1 Å². The van der Waals surface area contributed by atoms with Gasteiger partial charge in [-0.1, -0.05) is 0 Å². The Morgan fingerprint density at radius 1 is 1.68 bits per heavy atom. The molecule has 0 fully saturated rings. The van der Waals surface area contributed by atoms with Crippen LogP contribution in [-0.2, 0) is 4.74 Å². The number of hydrogen-bond acceptors (Lipinski definition) is 6. The number of ether oxygens (including phenoxy) is 1. The van der Waals surface area contributed by atoms with Gasteiger partial charge in [0.05, 0.1) is 10.5 Å². The number of hydrogen-bond donors (Lipinski definition) is 2. The first kappa shape index (κ1) is 15.8. The number of aliphatic hydroxyl groups is 1. The van der Waals surface area contributed by atoms with Gasteiger partial charge < -0.3 is 15.2 Å². The van der Waals surface area contributed by atoms with E-state index in [2.05, 4.69) is 26.2 Å². The molecule has 0 aromatic carbocycles. The summed E-state index contributed by atoms with van der Waals surface area (Å²) in [5.74, 6) is 0.130. The first-order chi connectivity index (χ1) is 8.85. The van der Waals surface area contributed by atoms with Crippen LogP contribution in [0.2, 0.25) is 0 Å². The molecule has 8 heteroatoms. The Labute approximate surface area is 119 Å². The van der Waals surface area contributed by atoms with Crippen molar-refractivity contribution in [2.75, 3.05) is 25.6 Å². The second-order valence-corrected chi connectivity index (χ2v) is 5.29. The van der Waals surface area contributed by atoms with Gasteiger partial charge in [-0.2, -0.15) is 0 Å². The number of methoxy groups -OCH3 is 1. The SMILES string of the molecule is COCCC(C)(O)CNc1ncc(Br)cc1[N+](=O)[O-]. The third-order valence-electron chi connectivity index (χ3n) is 2.51. The first-order valence-corrected chi connectivity index (χ1v) is 6.40. The predicted octanol–water partition coefficient (Wildman–Crippen LogP) is 1.95. The lowest BCUT2D eigenvalue weighted by molar-refractivity contribution is -0.384. The number of nitrogens with one attached hydrogen (secondary N) is 1. The van der Waals surface area contributed by atoms with Crippen molar-refractivity contribution in [3.63, 3.8) is 0 Å². The Balaban J connectivity index is 2.75. The highest BCUT2D eigenvalue weighted by Gasteiger charge is 2.22. The third kappa shape index (κ3) is 5.09. The van der Waals surface area contributed by atoms with Crippen LogP contribution in [0.15, 0.2) is 16.7 Å². The normalized spacial score (nSPS) is 13.9. The van der Waals surface area contributed by atoms with Crippen molar-refractivity contribution in [2.45, 2.75) is 18.9 Å². The first-order valence-electron chi connectivity index (χ1n) is 5.61. The van der Waals surface area contributed by atoms with Crippen LogP contribution in [-0.4, -0.2) is 40.9 Å². The summed E-state index contributed by atoms with van der Waals surface area (Å²) in [4.78, 5) is 14.3. The van der Waals surface area contributed by atoms with Gasteiger partial charge >= 0.3 is 5.69 Å². The second kappa shape index (κ2) is 6.78. The van der Waals surface area contributed by atoms with E-state index in [-0.39, 0.29) is 18.1 Å². The van der Waals surface area contributed by atoms with Gasteiger partial charge in [0.25, 0.3) is 0 Å². The number of pyridine rings is 1.